The van der Waals surface area contributed by atoms with Crippen molar-refractivity contribution < 1.29 is 43.2 Å². The third-order valence-corrected chi connectivity index (χ3v) is 5.16. The Morgan fingerprint density at radius 2 is 1.41 bits per heavy atom. The molecule has 1 rings (SSSR count). The Kier molecular flexibility index (Phi) is 11.6. The van der Waals surface area contributed by atoms with Crippen molar-refractivity contribution in [3.05, 3.63) is 23.8 Å². The smallest absolute Gasteiger partial charge is 0.480 e. The van der Waals surface area contributed by atoms with Crippen LogP contribution in [0, 0.1) is 16.7 Å². The minimum absolute atomic E-state index is 0.0262. The summed E-state index contributed by atoms with van der Waals surface area (Å²) in [5, 5.41) is 9.64. The van der Waals surface area contributed by atoms with E-state index >= 15 is 0 Å². The van der Waals surface area contributed by atoms with Gasteiger partial charge in [0.1, 0.15) is 6.04 Å². The number of hydrogen-bond acceptors (Lipinski definition) is 9. The van der Waals surface area contributed by atoms with Crippen molar-refractivity contribution in [3.63, 3.8) is 0 Å². The number of carboxylic acids is 1. The lowest BCUT2D eigenvalue weighted by Crippen LogP contribution is -2.40. The normalized spacial score (nSPS) is 14.2. The number of esters is 2. The van der Waals surface area contributed by atoms with Crippen LogP contribution in [-0.2, 0) is 23.9 Å². The third kappa shape index (κ3) is 11.6. The first kappa shape index (κ1) is 31.9. The van der Waals surface area contributed by atoms with Crippen molar-refractivity contribution in [2.45, 2.75) is 80.2 Å². The maximum atomic E-state index is 12.6. The van der Waals surface area contributed by atoms with E-state index in [1.165, 1.54) is 12.1 Å². The van der Waals surface area contributed by atoms with Crippen LogP contribution in [0.15, 0.2) is 18.2 Å². The second-order valence-corrected chi connectivity index (χ2v) is 11.5. The second kappa shape index (κ2) is 13.4. The number of aliphatic carboxylic acids is 1. The highest BCUT2D eigenvalue weighted by atomic mass is 16.7. The highest BCUT2D eigenvalue weighted by molar-refractivity contribution is 5.77. The lowest BCUT2D eigenvalue weighted by atomic mass is 9.82. The van der Waals surface area contributed by atoms with E-state index in [-0.39, 0.29) is 48.4 Å². The minimum Gasteiger partial charge on any atom is -0.480 e. The van der Waals surface area contributed by atoms with Gasteiger partial charge in [-0.05, 0) is 41.4 Å². The fourth-order valence-electron chi connectivity index (χ4n) is 3.59. The molecule has 0 aromatic heterocycles. The van der Waals surface area contributed by atoms with E-state index in [4.69, 9.17) is 24.7 Å². The van der Waals surface area contributed by atoms with Crippen LogP contribution >= 0.6 is 0 Å². The Bertz CT molecular complexity index is 960. The van der Waals surface area contributed by atoms with Crippen LogP contribution < -0.4 is 15.2 Å². The predicted molar refractivity (Wildman–Crippen MR) is 136 cm³/mol. The molecule has 1 aromatic rings. The molecule has 0 saturated carbocycles. The number of carbonyl (C=O) groups excluding carboxylic acids is 3. The molecule has 0 saturated heterocycles. The van der Waals surface area contributed by atoms with Gasteiger partial charge in [-0.1, -0.05) is 54.5 Å². The van der Waals surface area contributed by atoms with Gasteiger partial charge in [0.15, 0.2) is 11.5 Å². The average Bonchev–Trinajstić information content (AvgIpc) is 2.71. The Morgan fingerprint density at radius 1 is 0.892 bits per heavy atom. The molecule has 1 aromatic carbocycles. The summed E-state index contributed by atoms with van der Waals surface area (Å²) in [5.41, 5.74) is 5.74. The molecule has 0 aliphatic carbocycles. The summed E-state index contributed by atoms with van der Waals surface area (Å²) in [6.07, 6.45) is -0.664. The number of nitrogens with two attached hydrogens (primary N) is 1. The van der Waals surface area contributed by atoms with Crippen LogP contribution in [0.5, 0.6) is 11.5 Å². The number of carbonyl (C=O) groups is 4. The molecular weight excluding hydrogens is 482 g/mol. The monoisotopic (exact) mass is 523 g/mol. The van der Waals surface area contributed by atoms with Crippen LogP contribution in [0.4, 0.5) is 4.79 Å². The van der Waals surface area contributed by atoms with Crippen LogP contribution in [0.2, 0.25) is 0 Å². The molecule has 2 unspecified atom stereocenters. The molecule has 10 heteroatoms. The van der Waals surface area contributed by atoms with Gasteiger partial charge in [0, 0.05) is 5.92 Å². The van der Waals surface area contributed by atoms with E-state index in [1.54, 1.807) is 19.9 Å². The summed E-state index contributed by atoms with van der Waals surface area (Å²) in [6, 6.07) is 3.06. The number of carboxylic acid groups (broad SMARTS) is 1. The Morgan fingerprint density at radius 3 is 1.86 bits per heavy atom. The third-order valence-electron chi connectivity index (χ3n) is 5.16. The number of hydrogen-bond donors (Lipinski definition) is 2. The quantitative estimate of drug-likeness (QED) is 0.309. The van der Waals surface area contributed by atoms with Crippen LogP contribution in [0.25, 0.3) is 0 Å². The summed E-state index contributed by atoms with van der Waals surface area (Å²) >= 11 is 0. The average molecular weight is 524 g/mol. The molecule has 0 heterocycles. The number of rotatable bonds is 11. The molecule has 3 atom stereocenters. The van der Waals surface area contributed by atoms with Crippen LogP contribution in [0.1, 0.15) is 79.7 Å². The largest absolute Gasteiger partial charge is 0.508 e. The molecule has 208 valence electrons. The number of benzene rings is 1. The van der Waals surface area contributed by atoms with Gasteiger partial charge in [-0.25, -0.2) is 4.79 Å². The zero-order valence-corrected chi connectivity index (χ0v) is 23.1. The Balaban J connectivity index is 3.41. The maximum absolute atomic E-state index is 12.6. The number of ether oxygens (including phenoxy) is 4. The van der Waals surface area contributed by atoms with Gasteiger partial charge in [0.25, 0.3) is 0 Å². The Labute approximate surface area is 218 Å². The van der Waals surface area contributed by atoms with E-state index in [0.29, 0.717) is 5.56 Å². The summed E-state index contributed by atoms with van der Waals surface area (Å²) in [6.45, 7) is 14.6. The van der Waals surface area contributed by atoms with Crippen molar-refractivity contribution in [3.8, 4) is 11.5 Å². The van der Waals surface area contributed by atoms with Gasteiger partial charge in [-0.3, -0.25) is 14.4 Å². The van der Waals surface area contributed by atoms with E-state index < -0.39 is 41.9 Å². The van der Waals surface area contributed by atoms with Crippen LogP contribution in [-0.4, -0.2) is 48.4 Å². The van der Waals surface area contributed by atoms with Crippen LogP contribution in [0.3, 0.4) is 0 Å². The summed E-state index contributed by atoms with van der Waals surface area (Å²) in [7, 11) is 0. The first-order chi connectivity index (χ1) is 16.9. The van der Waals surface area contributed by atoms with Gasteiger partial charge in [-0.2, -0.15) is 0 Å². The molecule has 0 aliphatic rings. The summed E-state index contributed by atoms with van der Waals surface area (Å²) in [4.78, 5) is 48.6. The first-order valence-electron chi connectivity index (χ1n) is 12.3. The standard InChI is InChI=1S/C27H41NO9/c1-9-34-25(33)35-15-16(2)22(23(28)24(31)32)17-10-11-18(36-20(29)13-26(3,4)5)19(12-17)37-21(30)14-27(6,7)8/h10-12,16,22-23H,9,13-15,28H2,1-8H3,(H,31,32)/t16?,22?,23-/m0/s1. The van der Waals surface area contributed by atoms with Gasteiger partial charge in [0.05, 0.1) is 26.1 Å². The van der Waals surface area contributed by atoms with Crippen molar-refractivity contribution in [2.24, 2.45) is 22.5 Å². The molecule has 0 aliphatic heterocycles. The van der Waals surface area contributed by atoms with E-state index in [1.807, 2.05) is 41.5 Å². The maximum Gasteiger partial charge on any atom is 0.508 e. The van der Waals surface area contributed by atoms with Gasteiger partial charge in [0.2, 0.25) is 0 Å². The topological polar surface area (TPSA) is 151 Å². The molecule has 0 amide bonds. The summed E-state index contributed by atoms with van der Waals surface area (Å²) in [5.74, 6) is -3.72. The molecule has 3 N–H and O–H groups in total. The molecule has 37 heavy (non-hydrogen) atoms. The van der Waals surface area contributed by atoms with Gasteiger partial charge < -0.3 is 29.8 Å². The predicted octanol–water partition coefficient (Wildman–Crippen LogP) is 4.67. The van der Waals surface area contributed by atoms with Crippen molar-refractivity contribution in [1.82, 2.24) is 0 Å². The molecule has 0 fully saturated rings. The van der Waals surface area contributed by atoms with Crippen molar-refractivity contribution in [2.75, 3.05) is 13.2 Å². The molecule has 0 spiro atoms. The minimum atomic E-state index is -1.37. The van der Waals surface area contributed by atoms with Crippen molar-refractivity contribution in [1.29, 1.82) is 0 Å². The fraction of sp³-hybridized carbons (Fsp3) is 0.630. The van der Waals surface area contributed by atoms with Gasteiger partial charge >= 0.3 is 24.1 Å². The Hall–Kier alpha value is -3.14. The zero-order chi connectivity index (χ0) is 28.6. The highest BCUT2D eigenvalue weighted by Crippen LogP contribution is 2.37. The first-order valence-corrected chi connectivity index (χ1v) is 12.3. The van der Waals surface area contributed by atoms with Crippen molar-refractivity contribution >= 4 is 24.1 Å². The highest BCUT2D eigenvalue weighted by Gasteiger charge is 2.33. The lowest BCUT2D eigenvalue weighted by molar-refractivity contribution is -0.139. The van der Waals surface area contributed by atoms with E-state index in [0.717, 1.165) is 0 Å². The fourth-order valence-corrected chi connectivity index (χ4v) is 3.59. The molecule has 0 bridgehead atoms. The lowest BCUT2D eigenvalue weighted by Gasteiger charge is -2.28. The molecule has 0 radical (unpaired) electrons. The van der Waals surface area contributed by atoms with E-state index in [2.05, 4.69) is 0 Å². The zero-order valence-electron chi connectivity index (χ0n) is 23.1. The SMILES string of the molecule is CCOC(=O)OCC(C)C(c1ccc(OC(=O)CC(C)(C)C)c(OC(=O)CC(C)(C)C)c1)[C@H](N)C(=O)O. The molecule has 10 nitrogen and oxygen atoms in total. The summed E-state index contributed by atoms with van der Waals surface area (Å²) < 4.78 is 20.9. The van der Waals surface area contributed by atoms with Gasteiger partial charge in [-0.15, -0.1) is 0 Å². The molecular formula is C27H41NO9. The second-order valence-electron chi connectivity index (χ2n) is 11.5. The van der Waals surface area contributed by atoms with E-state index in [9.17, 15) is 24.3 Å².